The first kappa shape index (κ1) is 14.7. The van der Waals surface area contributed by atoms with Gasteiger partial charge in [-0.2, -0.15) is 0 Å². The molecule has 0 aliphatic rings. The van der Waals surface area contributed by atoms with Gasteiger partial charge in [0.15, 0.2) is 11.6 Å². The molecule has 102 valence electrons. The number of nitrogens with two attached hydrogens (primary N) is 1. The SMILES string of the molecule is COCCOCCCNc1c(N)ccc(F)c1F. The van der Waals surface area contributed by atoms with Gasteiger partial charge in [-0.05, 0) is 18.6 Å². The standard InChI is InChI=1S/C12H18F2N2O2/c1-17-7-8-18-6-2-5-16-12-10(15)4-3-9(13)11(12)14/h3-4,16H,2,5-8,15H2,1H3. The van der Waals surface area contributed by atoms with E-state index in [0.29, 0.717) is 32.8 Å². The molecule has 1 aromatic carbocycles. The van der Waals surface area contributed by atoms with E-state index in [0.717, 1.165) is 6.07 Å². The van der Waals surface area contributed by atoms with E-state index in [1.54, 1.807) is 7.11 Å². The minimum absolute atomic E-state index is 0.00638. The summed E-state index contributed by atoms with van der Waals surface area (Å²) in [6.45, 7) is 2.04. The van der Waals surface area contributed by atoms with Gasteiger partial charge in [0, 0.05) is 20.3 Å². The third kappa shape index (κ3) is 4.46. The number of hydrogen-bond donors (Lipinski definition) is 2. The second-order valence-electron chi connectivity index (χ2n) is 3.71. The Kier molecular flexibility index (Phi) is 6.38. The van der Waals surface area contributed by atoms with E-state index in [9.17, 15) is 8.78 Å². The Morgan fingerprint density at radius 3 is 2.72 bits per heavy atom. The number of halogens is 2. The summed E-state index contributed by atoms with van der Waals surface area (Å²) in [4.78, 5) is 0. The van der Waals surface area contributed by atoms with Crippen molar-refractivity contribution in [3.8, 4) is 0 Å². The van der Waals surface area contributed by atoms with E-state index in [2.05, 4.69) is 5.32 Å². The quantitative estimate of drug-likeness (QED) is 0.554. The van der Waals surface area contributed by atoms with Crippen LogP contribution in [0.1, 0.15) is 6.42 Å². The van der Waals surface area contributed by atoms with Crippen LogP contribution in [0.4, 0.5) is 20.2 Å². The van der Waals surface area contributed by atoms with E-state index in [-0.39, 0.29) is 11.4 Å². The minimum atomic E-state index is -0.949. The molecule has 0 spiro atoms. The smallest absolute Gasteiger partial charge is 0.183 e. The average molecular weight is 260 g/mol. The Labute approximate surface area is 105 Å². The van der Waals surface area contributed by atoms with Gasteiger partial charge in [-0.15, -0.1) is 0 Å². The predicted molar refractivity (Wildman–Crippen MR) is 66.6 cm³/mol. The summed E-state index contributed by atoms with van der Waals surface area (Å²) < 4.78 is 36.4. The van der Waals surface area contributed by atoms with Crippen molar-refractivity contribution in [1.82, 2.24) is 0 Å². The lowest BCUT2D eigenvalue weighted by Crippen LogP contribution is -2.11. The monoisotopic (exact) mass is 260 g/mol. The van der Waals surface area contributed by atoms with Crippen LogP contribution in [0.2, 0.25) is 0 Å². The van der Waals surface area contributed by atoms with Gasteiger partial charge in [-0.1, -0.05) is 0 Å². The van der Waals surface area contributed by atoms with E-state index >= 15 is 0 Å². The van der Waals surface area contributed by atoms with Gasteiger partial charge in [0.1, 0.15) is 0 Å². The van der Waals surface area contributed by atoms with E-state index in [1.165, 1.54) is 6.07 Å². The summed E-state index contributed by atoms with van der Waals surface area (Å²) in [5.74, 6) is -1.86. The van der Waals surface area contributed by atoms with Gasteiger partial charge in [0.05, 0.1) is 24.6 Å². The second-order valence-corrected chi connectivity index (χ2v) is 3.71. The number of ether oxygens (including phenoxy) is 2. The molecule has 0 atom stereocenters. The van der Waals surface area contributed by atoms with Gasteiger partial charge >= 0.3 is 0 Å². The van der Waals surface area contributed by atoms with E-state index in [4.69, 9.17) is 15.2 Å². The molecule has 6 heteroatoms. The number of nitrogens with one attached hydrogen (secondary N) is 1. The van der Waals surface area contributed by atoms with Crippen molar-refractivity contribution in [2.24, 2.45) is 0 Å². The predicted octanol–water partition coefficient (Wildman–Crippen LogP) is 2.01. The topological polar surface area (TPSA) is 56.5 Å². The van der Waals surface area contributed by atoms with E-state index < -0.39 is 11.6 Å². The first-order valence-electron chi connectivity index (χ1n) is 5.71. The third-order valence-corrected chi connectivity index (χ3v) is 2.33. The summed E-state index contributed by atoms with van der Waals surface area (Å²) in [7, 11) is 1.60. The van der Waals surface area contributed by atoms with Crippen LogP contribution < -0.4 is 11.1 Å². The zero-order valence-corrected chi connectivity index (χ0v) is 10.3. The largest absolute Gasteiger partial charge is 0.397 e. The zero-order valence-electron chi connectivity index (χ0n) is 10.3. The van der Waals surface area contributed by atoms with Gasteiger partial charge < -0.3 is 20.5 Å². The number of rotatable bonds is 8. The maximum Gasteiger partial charge on any atom is 0.183 e. The Morgan fingerprint density at radius 2 is 2.00 bits per heavy atom. The first-order valence-corrected chi connectivity index (χ1v) is 5.71. The summed E-state index contributed by atoms with van der Waals surface area (Å²) in [5, 5.41) is 2.76. The van der Waals surface area contributed by atoms with Crippen LogP contribution in [0.15, 0.2) is 12.1 Å². The fourth-order valence-electron chi connectivity index (χ4n) is 1.38. The van der Waals surface area contributed by atoms with Crippen LogP contribution in [-0.2, 0) is 9.47 Å². The average Bonchev–Trinajstić information content (AvgIpc) is 2.36. The van der Waals surface area contributed by atoms with Crippen LogP contribution in [0, 0.1) is 11.6 Å². The molecule has 4 nitrogen and oxygen atoms in total. The van der Waals surface area contributed by atoms with Crippen LogP contribution in [0.3, 0.4) is 0 Å². The summed E-state index contributed by atoms with van der Waals surface area (Å²) >= 11 is 0. The molecule has 0 amide bonds. The summed E-state index contributed by atoms with van der Waals surface area (Å²) in [6.07, 6.45) is 0.666. The van der Waals surface area contributed by atoms with Crippen LogP contribution in [0.5, 0.6) is 0 Å². The molecule has 0 aliphatic carbocycles. The van der Waals surface area contributed by atoms with Crippen molar-refractivity contribution in [1.29, 1.82) is 0 Å². The highest BCUT2D eigenvalue weighted by molar-refractivity contribution is 5.66. The Morgan fingerprint density at radius 1 is 1.22 bits per heavy atom. The van der Waals surface area contributed by atoms with Crippen molar-refractivity contribution < 1.29 is 18.3 Å². The first-order chi connectivity index (χ1) is 8.66. The molecule has 3 N–H and O–H groups in total. The lowest BCUT2D eigenvalue weighted by Gasteiger charge is -2.10. The molecular weight excluding hydrogens is 242 g/mol. The van der Waals surface area contributed by atoms with Crippen molar-refractivity contribution in [3.05, 3.63) is 23.8 Å². The Hall–Kier alpha value is -1.40. The molecule has 0 saturated heterocycles. The van der Waals surface area contributed by atoms with Gasteiger partial charge in [-0.3, -0.25) is 0 Å². The summed E-state index contributed by atoms with van der Waals surface area (Å²) in [6, 6.07) is 2.33. The molecule has 18 heavy (non-hydrogen) atoms. The van der Waals surface area contributed by atoms with Crippen molar-refractivity contribution >= 4 is 11.4 Å². The van der Waals surface area contributed by atoms with Gasteiger partial charge in [0.25, 0.3) is 0 Å². The van der Waals surface area contributed by atoms with Crippen molar-refractivity contribution in [2.75, 3.05) is 44.5 Å². The highest BCUT2D eigenvalue weighted by atomic mass is 19.2. The van der Waals surface area contributed by atoms with Gasteiger partial charge in [-0.25, -0.2) is 8.78 Å². The number of anilines is 2. The van der Waals surface area contributed by atoms with Crippen LogP contribution >= 0.6 is 0 Å². The number of nitrogen functional groups attached to an aromatic ring is 1. The molecule has 0 aliphatic heterocycles. The Balaban J connectivity index is 2.29. The lowest BCUT2D eigenvalue weighted by molar-refractivity contribution is 0.0705. The molecule has 0 fully saturated rings. The molecule has 0 radical (unpaired) electrons. The van der Waals surface area contributed by atoms with Crippen LogP contribution in [-0.4, -0.2) is 33.5 Å². The normalized spacial score (nSPS) is 10.6. The summed E-state index contributed by atoms with van der Waals surface area (Å²) in [5.41, 5.74) is 5.75. The number of hydrogen-bond acceptors (Lipinski definition) is 4. The Bertz CT molecular complexity index is 375. The molecule has 0 aromatic heterocycles. The third-order valence-electron chi connectivity index (χ3n) is 2.33. The lowest BCUT2D eigenvalue weighted by atomic mass is 10.2. The highest BCUT2D eigenvalue weighted by Gasteiger charge is 2.10. The van der Waals surface area contributed by atoms with E-state index in [1.807, 2.05) is 0 Å². The molecule has 0 bridgehead atoms. The maximum atomic E-state index is 13.4. The van der Waals surface area contributed by atoms with Gasteiger partial charge in [0.2, 0.25) is 0 Å². The van der Waals surface area contributed by atoms with Crippen LogP contribution in [0.25, 0.3) is 0 Å². The molecular formula is C12H18F2N2O2. The van der Waals surface area contributed by atoms with Crippen molar-refractivity contribution in [2.45, 2.75) is 6.42 Å². The highest BCUT2D eigenvalue weighted by Crippen LogP contribution is 2.24. The maximum absolute atomic E-state index is 13.4. The molecule has 0 saturated carbocycles. The molecule has 1 rings (SSSR count). The zero-order chi connectivity index (χ0) is 13.4. The number of methoxy groups -OCH3 is 1. The number of benzene rings is 1. The molecule has 0 unspecified atom stereocenters. The molecule has 0 heterocycles. The fraction of sp³-hybridized carbons (Fsp3) is 0.500. The second kappa shape index (κ2) is 7.84. The molecule has 1 aromatic rings. The fourth-order valence-corrected chi connectivity index (χ4v) is 1.38. The van der Waals surface area contributed by atoms with Crippen molar-refractivity contribution in [3.63, 3.8) is 0 Å². The minimum Gasteiger partial charge on any atom is -0.397 e.